The third-order valence-electron chi connectivity index (χ3n) is 3.77. The maximum Gasteiger partial charge on any atom is 0.338 e. The Morgan fingerprint density at radius 1 is 1.19 bits per heavy atom. The van der Waals surface area contributed by atoms with Crippen molar-refractivity contribution in [3.8, 4) is 5.75 Å². The van der Waals surface area contributed by atoms with Crippen molar-refractivity contribution in [3.05, 3.63) is 60.0 Å². The molecule has 0 unspecified atom stereocenters. The molecule has 0 bridgehead atoms. The number of esters is 1. The van der Waals surface area contributed by atoms with E-state index in [0.29, 0.717) is 29.3 Å². The highest BCUT2D eigenvalue weighted by Crippen LogP contribution is 2.19. The summed E-state index contributed by atoms with van der Waals surface area (Å²) in [5.41, 5.74) is 2.55. The van der Waals surface area contributed by atoms with E-state index in [1.165, 1.54) is 0 Å². The summed E-state index contributed by atoms with van der Waals surface area (Å²) in [6.07, 6.45) is 4.52. The molecule has 1 N–H and O–H groups in total. The summed E-state index contributed by atoms with van der Waals surface area (Å²) in [6.45, 7) is 4.07. The largest absolute Gasteiger partial charge is 0.480 e. The Labute approximate surface area is 156 Å². The van der Waals surface area contributed by atoms with Crippen LogP contribution in [0.25, 0.3) is 5.65 Å². The zero-order chi connectivity index (χ0) is 19.2. The standard InChI is InChI=1S/C20H21N3O4/c1-3-11-26-20(25)15-6-8-16(9-7-15)22-18(24)13-27-17-5-4-10-23-12-14(2)21-19(17)23/h4-10,12H,3,11,13H2,1-2H3,(H,22,24). The van der Waals surface area contributed by atoms with Crippen molar-refractivity contribution in [2.75, 3.05) is 18.5 Å². The van der Waals surface area contributed by atoms with Crippen LogP contribution in [0, 0.1) is 6.92 Å². The second kappa shape index (κ2) is 8.35. The Morgan fingerprint density at radius 2 is 1.96 bits per heavy atom. The number of rotatable bonds is 7. The van der Waals surface area contributed by atoms with E-state index in [1.807, 2.05) is 36.7 Å². The van der Waals surface area contributed by atoms with Gasteiger partial charge in [0.25, 0.3) is 5.91 Å². The topological polar surface area (TPSA) is 81.9 Å². The van der Waals surface area contributed by atoms with Gasteiger partial charge in [0.1, 0.15) is 0 Å². The van der Waals surface area contributed by atoms with E-state index in [-0.39, 0.29) is 18.5 Å². The summed E-state index contributed by atoms with van der Waals surface area (Å²) in [6, 6.07) is 10.1. The van der Waals surface area contributed by atoms with Crippen molar-refractivity contribution in [2.45, 2.75) is 20.3 Å². The monoisotopic (exact) mass is 367 g/mol. The second-order valence-electron chi connectivity index (χ2n) is 6.04. The fourth-order valence-electron chi connectivity index (χ4n) is 2.53. The van der Waals surface area contributed by atoms with Crippen LogP contribution in [0.1, 0.15) is 29.4 Å². The number of carbonyl (C=O) groups excluding carboxylic acids is 2. The van der Waals surface area contributed by atoms with E-state index in [4.69, 9.17) is 9.47 Å². The number of benzene rings is 1. The fraction of sp³-hybridized carbons (Fsp3) is 0.250. The van der Waals surface area contributed by atoms with Gasteiger partial charge in [-0.3, -0.25) is 4.79 Å². The van der Waals surface area contributed by atoms with Gasteiger partial charge in [-0.1, -0.05) is 6.92 Å². The Bertz CT molecular complexity index is 948. The molecule has 27 heavy (non-hydrogen) atoms. The van der Waals surface area contributed by atoms with Crippen LogP contribution >= 0.6 is 0 Å². The van der Waals surface area contributed by atoms with Gasteiger partial charge in [0, 0.05) is 18.1 Å². The van der Waals surface area contributed by atoms with E-state index in [2.05, 4.69) is 10.3 Å². The molecule has 0 radical (unpaired) electrons. The van der Waals surface area contributed by atoms with Crippen LogP contribution in [0.3, 0.4) is 0 Å². The maximum atomic E-state index is 12.1. The molecule has 3 aromatic rings. The lowest BCUT2D eigenvalue weighted by molar-refractivity contribution is -0.118. The Hall–Kier alpha value is -3.35. The minimum Gasteiger partial charge on any atom is -0.480 e. The minimum atomic E-state index is -0.374. The maximum absolute atomic E-state index is 12.1. The molecule has 1 amide bonds. The Kier molecular flexibility index (Phi) is 5.71. The minimum absolute atomic E-state index is 0.147. The van der Waals surface area contributed by atoms with Crippen molar-refractivity contribution >= 4 is 23.2 Å². The van der Waals surface area contributed by atoms with Crippen LogP contribution in [0.5, 0.6) is 5.75 Å². The third-order valence-corrected chi connectivity index (χ3v) is 3.77. The zero-order valence-corrected chi connectivity index (χ0v) is 15.3. The van der Waals surface area contributed by atoms with Gasteiger partial charge in [0.05, 0.1) is 17.9 Å². The first kappa shape index (κ1) is 18.4. The number of pyridine rings is 1. The first-order valence-corrected chi connectivity index (χ1v) is 8.71. The van der Waals surface area contributed by atoms with E-state index in [9.17, 15) is 9.59 Å². The molecule has 0 aliphatic rings. The number of ether oxygens (including phenoxy) is 2. The number of aryl methyl sites for hydroxylation is 1. The number of nitrogens with one attached hydrogen (secondary N) is 1. The Balaban J connectivity index is 1.56. The number of hydrogen-bond acceptors (Lipinski definition) is 5. The summed E-state index contributed by atoms with van der Waals surface area (Å²) < 4.78 is 12.5. The molecule has 0 atom stereocenters. The molecule has 0 aliphatic carbocycles. The van der Waals surface area contributed by atoms with Crippen LogP contribution < -0.4 is 10.1 Å². The van der Waals surface area contributed by atoms with Gasteiger partial charge in [-0.2, -0.15) is 0 Å². The SMILES string of the molecule is CCCOC(=O)c1ccc(NC(=O)COc2cccn3cc(C)nc23)cc1. The number of imidazole rings is 1. The lowest BCUT2D eigenvalue weighted by atomic mass is 10.2. The molecule has 7 heteroatoms. The van der Waals surface area contributed by atoms with Crippen molar-refractivity contribution in [1.29, 1.82) is 0 Å². The molecular weight excluding hydrogens is 346 g/mol. The normalized spacial score (nSPS) is 10.6. The number of nitrogens with zero attached hydrogens (tertiary/aromatic N) is 2. The van der Waals surface area contributed by atoms with Crippen LogP contribution in [0.4, 0.5) is 5.69 Å². The molecular formula is C20H21N3O4. The van der Waals surface area contributed by atoms with Gasteiger partial charge in [-0.05, 0) is 49.7 Å². The van der Waals surface area contributed by atoms with Crippen molar-refractivity contribution < 1.29 is 19.1 Å². The molecule has 1 aromatic carbocycles. The molecule has 2 heterocycles. The predicted octanol–water partition coefficient (Wildman–Crippen LogP) is 3.23. The lowest BCUT2D eigenvalue weighted by Gasteiger charge is -2.09. The van der Waals surface area contributed by atoms with Gasteiger partial charge in [0.15, 0.2) is 18.0 Å². The van der Waals surface area contributed by atoms with Crippen LogP contribution in [0.2, 0.25) is 0 Å². The van der Waals surface area contributed by atoms with Crippen molar-refractivity contribution in [3.63, 3.8) is 0 Å². The number of aromatic nitrogens is 2. The van der Waals surface area contributed by atoms with Crippen LogP contribution in [-0.2, 0) is 9.53 Å². The fourth-order valence-corrected chi connectivity index (χ4v) is 2.53. The first-order valence-electron chi connectivity index (χ1n) is 8.71. The quantitative estimate of drug-likeness (QED) is 0.649. The van der Waals surface area contributed by atoms with Crippen LogP contribution in [0.15, 0.2) is 48.8 Å². The molecule has 0 saturated heterocycles. The van der Waals surface area contributed by atoms with E-state index in [0.717, 1.165) is 12.1 Å². The highest BCUT2D eigenvalue weighted by atomic mass is 16.5. The highest BCUT2D eigenvalue weighted by Gasteiger charge is 2.10. The molecule has 140 valence electrons. The molecule has 0 saturated carbocycles. The summed E-state index contributed by atoms with van der Waals surface area (Å²) in [5, 5.41) is 2.73. The molecule has 0 aliphatic heterocycles. The second-order valence-corrected chi connectivity index (χ2v) is 6.04. The van der Waals surface area contributed by atoms with E-state index < -0.39 is 0 Å². The molecule has 3 rings (SSSR count). The van der Waals surface area contributed by atoms with Gasteiger partial charge in [-0.25, -0.2) is 9.78 Å². The van der Waals surface area contributed by atoms with Crippen LogP contribution in [-0.4, -0.2) is 34.5 Å². The summed E-state index contributed by atoms with van der Waals surface area (Å²) in [5.74, 6) is -0.141. The summed E-state index contributed by atoms with van der Waals surface area (Å²) in [4.78, 5) is 28.3. The van der Waals surface area contributed by atoms with E-state index in [1.54, 1.807) is 30.3 Å². The predicted molar refractivity (Wildman–Crippen MR) is 101 cm³/mol. The average molecular weight is 367 g/mol. The Morgan fingerprint density at radius 3 is 2.70 bits per heavy atom. The smallest absolute Gasteiger partial charge is 0.338 e. The van der Waals surface area contributed by atoms with Gasteiger partial charge < -0.3 is 19.2 Å². The number of amides is 1. The van der Waals surface area contributed by atoms with Gasteiger partial charge in [0.2, 0.25) is 0 Å². The summed E-state index contributed by atoms with van der Waals surface area (Å²) >= 11 is 0. The highest BCUT2D eigenvalue weighted by molar-refractivity contribution is 5.93. The number of carbonyl (C=O) groups is 2. The molecule has 0 fully saturated rings. The number of anilines is 1. The molecule has 0 spiro atoms. The van der Waals surface area contributed by atoms with Crippen molar-refractivity contribution in [1.82, 2.24) is 9.38 Å². The zero-order valence-electron chi connectivity index (χ0n) is 15.3. The van der Waals surface area contributed by atoms with Gasteiger partial charge >= 0.3 is 5.97 Å². The van der Waals surface area contributed by atoms with Crippen molar-refractivity contribution in [2.24, 2.45) is 0 Å². The average Bonchev–Trinajstić information content (AvgIpc) is 3.05. The first-order chi connectivity index (χ1) is 13.1. The number of hydrogen-bond donors (Lipinski definition) is 1. The summed E-state index contributed by atoms with van der Waals surface area (Å²) in [7, 11) is 0. The third kappa shape index (κ3) is 4.63. The van der Waals surface area contributed by atoms with E-state index >= 15 is 0 Å². The van der Waals surface area contributed by atoms with Gasteiger partial charge in [-0.15, -0.1) is 0 Å². The molecule has 2 aromatic heterocycles. The molecule has 7 nitrogen and oxygen atoms in total. The lowest BCUT2D eigenvalue weighted by Crippen LogP contribution is -2.20. The number of fused-ring (bicyclic) bond motifs is 1.